The van der Waals surface area contributed by atoms with E-state index < -0.39 is 6.09 Å². The lowest BCUT2D eigenvalue weighted by atomic mass is 10.1. The molecule has 1 heterocycles. The van der Waals surface area contributed by atoms with Crippen LogP contribution in [-0.2, 0) is 4.74 Å². The number of anilines is 2. The third-order valence-corrected chi connectivity index (χ3v) is 3.30. The largest absolute Gasteiger partial charge is 0.453 e. The predicted molar refractivity (Wildman–Crippen MR) is 86.0 cm³/mol. The molecule has 0 aliphatic heterocycles. The smallest absolute Gasteiger partial charge is 0.411 e. The number of rotatable bonds is 4. The van der Waals surface area contributed by atoms with E-state index in [0.29, 0.717) is 5.69 Å². The molecular weight excluding hydrogens is 280 g/mol. The highest BCUT2D eigenvalue weighted by Gasteiger charge is 2.10. The predicted octanol–water partition coefficient (Wildman–Crippen LogP) is 3.44. The fraction of sp³-hybridized carbons (Fsp3) is 0.312. The second-order valence-electron chi connectivity index (χ2n) is 5.02. The molecule has 1 atom stereocenters. The number of benzene rings is 1. The number of hydrogen-bond donors (Lipinski definition) is 2. The number of amides is 1. The van der Waals surface area contributed by atoms with E-state index in [2.05, 4.69) is 32.3 Å². The van der Waals surface area contributed by atoms with Gasteiger partial charge in [0.05, 0.1) is 13.2 Å². The third kappa shape index (κ3) is 3.94. The standard InChI is InChI=1S/C16H20N4O2/c1-10-15(9-17-12(3)18-10)11(2)19-13-5-7-14(8-6-13)20-16(21)22-4/h5-9,11,19H,1-4H3,(H,20,21). The Kier molecular flexibility index (Phi) is 4.93. The van der Waals surface area contributed by atoms with Crippen molar-refractivity contribution in [3.63, 3.8) is 0 Å². The van der Waals surface area contributed by atoms with Crippen LogP contribution in [0.25, 0.3) is 0 Å². The van der Waals surface area contributed by atoms with Crippen LogP contribution in [0.1, 0.15) is 30.0 Å². The first kappa shape index (κ1) is 15.8. The molecule has 2 aromatic rings. The Balaban J connectivity index is 2.05. The molecule has 0 radical (unpaired) electrons. The van der Waals surface area contributed by atoms with Crippen LogP contribution in [0, 0.1) is 13.8 Å². The summed E-state index contributed by atoms with van der Waals surface area (Å²) in [7, 11) is 1.33. The van der Waals surface area contributed by atoms with Gasteiger partial charge in [-0.3, -0.25) is 5.32 Å². The van der Waals surface area contributed by atoms with Gasteiger partial charge in [0.15, 0.2) is 0 Å². The summed E-state index contributed by atoms with van der Waals surface area (Å²) < 4.78 is 4.55. The summed E-state index contributed by atoms with van der Waals surface area (Å²) in [6, 6.07) is 7.49. The molecule has 0 aliphatic carbocycles. The van der Waals surface area contributed by atoms with Crippen molar-refractivity contribution in [1.29, 1.82) is 0 Å². The molecular formula is C16H20N4O2. The zero-order valence-corrected chi connectivity index (χ0v) is 13.2. The molecule has 0 spiro atoms. The van der Waals surface area contributed by atoms with Gasteiger partial charge < -0.3 is 10.1 Å². The summed E-state index contributed by atoms with van der Waals surface area (Å²) in [6.45, 7) is 5.91. The Morgan fingerprint density at radius 1 is 1.18 bits per heavy atom. The van der Waals surface area contributed by atoms with Crippen LogP contribution < -0.4 is 10.6 Å². The van der Waals surface area contributed by atoms with E-state index in [1.54, 1.807) is 0 Å². The topological polar surface area (TPSA) is 76.1 Å². The van der Waals surface area contributed by atoms with Crippen LogP contribution in [0.2, 0.25) is 0 Å². The van der Waals surface area contributed by atoms with Gasteiger partial charge in [-0.05, 0) is 45.0 Å². The van der Waals surface area contributed by atoms with E-state index in [1.807, 2.05) is 44.3 Å². The lowest BCUT2D eigenvalue weighted by Crippen LogP contribution is -2.12. The minimum Gasteiger partial charge on any atom is -0.453 e. The molecule has 22 heavy (non-hydrogen) atoms. The summed E-state index contributed by atoms with van der Waals surface area (Å²) in [5.41, 5.74) is 3.65. The average molecular weight is 300 g/mol. The highest BCUT2D eigenvalue weighted by Crippen LogP contribution is 2.22. The summed E-state index contributed by atoms with van der Waals surface area (Å²) >= 11 is 0. The molecule has 0 bridgehead atoms. The van der Waals surface area contributed by atoms with Gasteiger partial charge in [0.25, 0.3) is 0 Å². The van der Waals surface area contributed by atoms with E-state index in [0.717, 1.165) is 22.8 Å². The monoisotopic (exact) mass is 300 g/mol. The second-order valence-corrected chi connectivity index (χ2v) is 5.02. The van der Waals surface area contributed by atoms with Gasteiger partial charge in [-0.2, -0.15) is 0 Å². The van der Waals surface area contributed by atoms with Crippen LogP contribution in [0.15, 0.2) is 30.5 Å². The molecule has 0 saturated heterocycles. The number of carbonyl (C=O) groups is 1. The number of methoxy groups -OCH3 is 1. The van der Waals surface area contributed by atoms with Crippen molar-refractivity contribution in [2.24, 2.45) is 0 Å². The number of nitrogens with zero attached hydrogens (tertiary/aromatic N) is 2. The first-order valence-corrected chi connectivity index (χ1v) is 7.01. The van der Waals surface area contributed by atoms with Crippen LogP contribution in [0.4, 0.5) is 16.2 Å². The van der Waals surface area contributed by atoms with Crippen molar-refractivity contribution in [3.05, 3.63) is 47.5 Å². The van der Waals surface area contributed by atoms with Gasteiger partial charge in [-0.1, -0.05) is 0 Å². The van der Waals surface area contributed by atoms with Crippen LogP contribution in [0.3, 0.4) is 0 Å². The minimum atomic E-state index is -0.485. The molecule has 1 amide bonds. The third-order valence-electron chi connectivity index (χ3n) is 3.30. The Labute approximate surface area is 129 Å². The van der Waals surface area contributed by atoms with Crippen molar-refractivity contribution in [2.45, 2.75) is 26.8 Å². The van der Waals surface area contributed by atoms with Crippen molar-refractivity contribution < 1.29 is 9.53 Å². The first-order valence-electron chi connectivity index (χ1n) is 7.01. The maximum Gasteiger partial charge on any atom is 0.411 e. The SMILES string of the molecule is COC(=O)Nc1ccc(NC(C)c2cnc(C)nc2C)cc1. The van der Waals surface area contributed by atoms with E-state index in [-0.39, 0.29) is 6.04 Å². The number of carbonyl (C=O) groups excluding carboxylic acids is 1. The van der Waals surface area contributed by atoms with Crippen molar-refractivity contribution in [2.75, 3.05) is 17.7 Å². The van der Waals surface area contributed by atoms with Gasteiger partial charge in [-0.15, -0.1) is 0 Å². The number of ether oxygens (including phenoxy) is 1. The summed E-state index contributed by atoms with van der Waals surface area (Å²) in [5.74, 6) is 0.770. The van der Waals surface area contributed by atoms with Crippen LogP contribution >= 0.6 is 0 Å². The van der Waals surface area contributed by atoms with Crippen LogP contribution in [0.5, 0.6) is 0 Å². The van der Waals surface area contributed by atoms with E-state index >= 15 is 0 Å². The van der Waals surface area contributed by atoms with Crippen molar-refractivity contribution >= 4 is 17.5 Å². The lowest BCUT2D eigenvalue weighted by molar-refractivity contribution is 0.187. The summed E-state index contributed by atoms with van der Waals surface area (Å²) in [4.78, 5) is 19.8. The molecule has 0 aliphatic rings. The Bertz CT molecular complexity index is 656. The van der Waals surface area contributed by atoms with Crippen LogP contribution in [-0.4, -0.2) is 23.2 Å². The fourth-order valence-corrected chi connectivity index (χ4v) is 2.16. The molecule has 6 heteroatoms. The highest BCUT2D eigenvalue weighted by molar-refractivity contribution is 5.84. The molecule has 1 aromatic carbocycles. The number of aryl methyl sites for hydroxylation is 2. The molecule has 0 fully saturated rings. The normalized spacial score (nSPS) is 11.6. The average Bonchev–Trinajstić information content (AvgIpc) is 2.49. The first-order chi connectivity index (χ1) is 10.5. The number of hydrogen-bond acceptors (Lipinski definition) is 5. The van der Waals surface area contributed by atoms with Gasteiger partial charge in [0, 0.05) is 28.8 Å². The highest BCUT2D eigenvalue weighted by atomic mass is 16.5. The molecule has 2 rings (SSSR count). The minimum absolute atomic E-state index is 0.0833. The quantitative estimate of drug-likeness (QED) is 0.904. The van der Waals surface area contributed by atoms with Crippen molar-refractivity contribution in [1.82, 2.24) is 9.97 Å². The number of aromatic nitrogens is 2. The summed E-state index contributed by atoms with van der Waals surface area (Å²) in [6.07, 6.45) is 1.36. The maximum atomic E-state index is 11.1. The van der Waals surface area contributed by atoms with E-state index in [4.69, 9.17) is 0 Å². The van der Waals surface area contributed by atoms with E-state index in [1.165, 1.54) is 7.11 Å². The molecule has 116 valence electrons. The Morgan fingerprint density at radius 3 is 2.41 bits per heavy atom. The molecule has 1 unspecified atom stereocenters. The molecule has 0 saturated carbocycles. The molecule has 2 N–H and O–H groups in total. The van der Waals surface area contributed by atoms with E-state index in [9.17, 15) is 4.79 Å². The second kappa shape index (κ2) is 6.89. The van der Waals surface area contributed by atoms with Crippen molar-refractivity contribution in [3.8, 4) is 0 Å². The van der Waals surface area contributed by atoms with Gasteiger partial charge in [-0.25, -0.2) is 14.8 Å². The Morgan fingerprint density at radius 2 is 1.82 bits per heavy atom. The number of nitrogens with one attached hydrogen (secondary N) is 2. The lowest BCUT2D eigenvalue weighted by Gasteiger charge is -2.17. The van der Waals surface area contributed by atoms with Gasteiger partial charge in [0.1, 0.15) is 5.82 Å². The fourth-order valence-electron chi connectivity index (χ4n) is 2.16. The zero-order valence-electron chi connectivity index (χ0n) is 13.2. The Hall–Kier alpha value is -2.63. The molecule has 6 nitrogen and oxygen atoms in total. The molecule has 1 aromatic heterocycles. The van der Waals surface area contributed by atoms with Gasteiger partial charge >= 0.3 is 6.09 Å². The summed E-state index contributed by atoms with van der Waals surface area (Å²) in [5, 5.41) is 6.00. The van der Waals surface area contributed by atoms with Gasteiger partial charge in [0.2, 0.25) is 0 Å². The maximum absolute atomic E-state index is 11.1. The zero-order chi connectivity index (χ0) is 16.1.